The second-order valence-corrected chi connectivity index (χ2v) is 6.34. The molecule has 3 rings (SSSR count). The molecule has 0 radical (unpaired) electrons. The molecule has 5 heteroatoms. The van der Waals surface area contributed by atoms with Crippen molar-refractivity contribution >= 4 is 0 Å². The first kappa shape index (κ1) is 15.5. The lowest BCUT2D eigenvalue weighted by molar-refractivity contribution is 0.514. The third kappa shape index (κ3) is 3.18. The van der Waals surface area contributed by atoms with Gasteiger partial charge in [0.1, 0.15) is 0 Å². The molecule has 2 aromatic heterocycles. The van der Waals surface area contributed by atoms with Gasteiger partial charge in [0.25, 0.3) is 0 Å². The number of nitrogens with zero attached hydrogens (tertiary/aromatic N) is 4. The quantitative estimate of drug-likeness (QED) is 0.783. The van der Waals surface area contributed by atoms with Gasteiger partial charge in [0, 0.05) is 36.5 Å². The molecule has 1 N–H and O–H groups in total. The van der Waals surface area contributed by atoms with Crippen molar-refractivity contribution in [1.29, 1.82) is 0 Å². The first-order valence-electron chi connectivity index (χ1n) is 8.01. The van der Waals surface area contributed by atoms with Crippen LogP contribution in [-0.4, -0.2) is 25.0 Å². The Bertz CT molecular complexity index is 771. The molecule has 0 fully saturated rings. The molecule has 0 saturated heterocycles. The first-order chi connectivity index (χ1) is 11.1. The molecule has 1 aromatic carbocycles. The van der Waals surface area contributed by atoms with Crippen molar-refractivity contribution in [2.24, 2.45) is 0 Å². The summed E-state index contributed by atoms with van der Waals surface area (Å²) in [6.07, 6.45) is 6.48. The summed E-state index contributed by atoms with van der Waals surface area (Å²) in [6, 6.07) is 6.78. The van der Waals surface area contributed by atoms with E-state index in [0.29, 0.717) is 6.04 Å². The molecule has 0 aliphatic heterocycles. The molecule has 0 spiro atoms. The molecule has 0 aliphatic rings. The molecule has 0 amide bonds. The van der Waals surface area contributed by atoms with Crippen molar-refractivity contribution < 1.29 is 0 Å². The van der Waals surface area contributed by atoms with Crippen LogP contribution in [0.5, 0.6) is 0 Å². The van der Waals surface area contributed by atoms with Gasteiger partial charge in [0.2, 0.25) is 0 Å². The molecular weight excluding hydrogens is 286 g/mol. The lowest BCUT2D eigenvalue weighted by atomic mass is 9.87. The molecule has 0 saturated carbocycles. The Kier molecular flexibility index (Phi) is 4.28. The summed E-state index contributed by atoms with van der Waals surface area (Å²) in [5.74, 6) is 0.203. The third-order valence-corrected chi connectivity index (χ3v) is 4.42. The highest BCUT2D eigenvalue weighted by atomic mass is 15.4. The van der Waals surface area contributed by atoms with Gasteiger partial charge in [0.15, 0.2) is 0 Å². The first-order valence-corrected chi connectivity index (χ1v) is 8.01. The number of aromatic amines is 1. The highest BCUT2D eigenvalue weighted by molar-refractivity contribution is 5.39. The van der Waals surface area contributed by atoms with Crippen molar-refractivity contribution in [2.45, 2.75) is 46.1 Å². The molecule has 23 heavy (non-hydrogen) atoms. The third-order valence-electron chi connectivity index (χ3n) is 4.42. The molecule has 0 bridgehead atoms. The number of nitrogens with one attached hydrogen (secondary N) is 1. The zero-order valence-corrected chi connectivity index (χ0v) is 14.1. The van der Waals surface area contributed by atoms with Crippen LogP contribution in [-0.2, 0) is 6.42 Å². The minimum absolute atomic E-state index is 0.203. The topological polar surface area (TPSA) is 59.4 Å². The number of aryl methyl sites for hydroxylation is 1. The van der Waals surface area contributed by atoms with Crippen LogP contribution in [0.15, 0.2) is 36.9 Å². The summed E-state index contributed by atoms with van der Waals surface area (Å²) < 4.78 is 1.91. The highest BCUT2D eigenvalue weighted by Crippen LogP contribution is 2.30. The zero-order chi connectivity index (χ0) is 16.4. The van der Waals surface area contributed by atoms with Gasteiger partial charge in [-0.15, -0.1) is 5.10 Å². The molecule has 2 heterocycles. The standard InChI is InChI=1S/C18H23N5/c1-12(2)23-10-15(21-22-23)8-17(18-9-19-11-20-18)16-7-5-6-13(3)14(16)4/h5-7,9-12,17H,8H2,1-4H3,(H,19,20). The summed E-state index contributed by atoms with van der Waals surface area (Å²) in [6.45, 7) is 8.54. The van der Waals surface area contributed by atoms with Gasteiger partial charge in [-0.25, -0.2) is 9.67 Å². The second-order valence-electron chi connectivity index (χ2n) is 6.34. The lowest BCUT2D eigenvalue weighted by Gasteiger charge is -2.18. The van der Waals surface area contributed by atoms with Crippen LogP contribution >= 0.6 is 0 Å². The van der Waals surface area contributed by atoms with E-state index in [4.69, 9.17) is 0 Å². The van der Waals surface area contributed by atoms with Gasteiger partial charge in [-0.05, 0) is 44.4 Å². The normalized spacial score (nSPS) is 12.7. The van der Waals surface area contributed by atoms with Crippen LogP contribution in [0.1, 0.15) is 53.9 Å². The van der Waals surface area contributed by atoms with Gasteiger partial charge < -0.3 is 4.98 Å². The Labute approximate surface area is 136 Å². The van der Waals surface area contributed by atoms with Crippen LogP contribution in [0, 0.1) is 13.8 Å². The van der Waals surface area contributed by atoms with Crippen LogP contribution < -0.4 is 0 Å². The van der Waals surface area contributed by atoms with Gasteiger partial charge >= 0.3 is 0 Å². The van der Waals surface area contributed by atoms with E-state index >= 15 is 0 Å². The maximum Gasteiger partial charge on any atom is 0.0921 e. The largest absolute Gasteiger partial charge is 0.348 e. The minimum Gasteiger partial charge on any atom is -0.348 e. The van der Waals surface area contributed by atoms with Crippen molar-refractivity contribution in [1.82, 2.24) is 25.0 Å². The van der Waals surface area contributed by atoms with Gasteiger partial charge in [-0.1, -0.05) is 23.4 Å². The Hall–Kier alpha value is -2.43. The number of aromatic nitrogens is 5. The SMILES string of the molecule is Cc1cccc(C(Cc2cn(C(C)C)nn2)c2cnc[nH]2)c1C. The van der Waals surface area contributed by atoms with E-state index in [-0.39, 0.29) is 5.92 Å². The molecular formula is C18H23N5. The van der Waals surface area contributed by atoms with Crippen LogP contribution in [0.3, 0.4) is 0 Å². The fourth-order valence-corrected chi connectivity index (χ4v) is 2.86. The summed E-state index contributed by atoms with van der Waals surface area (Å²) in [5, 5.41) is 8.57. The predicted molar refractivity (Wildman–Crippen MR) is 90.5 cm³/mol. The van der Waals surface area contributed by atoms with Gasteiger partial charge in [-0.3, -0.25) is 0 Å². The second kappa shape index (κ2) is 6.36. The van der Waals surface area contributed by atoms with Crippen LogP contribution in [0.2, 0.25) is 0 Å². The fraction of sp³-hybridized carbons (Fsp3) is 0.389. The summed E-state index contributed by atoms with van der Waals surface area (Å²) in [7, 11) is 0. The van der Waals surface area contributed by atoms with E-state index in [0.717, 1.165) is 17.8 Å². The molecule has 3 aromatic rings. The molecule has 1 unspecified atom stereocenters. The number of hydrogen-bond donors (Lipinski definition) is 1. The van der Waals surface area contributed by atoms with Crippen molar-refractivity contribution in [2.75, 3.05) is 0 Å². The summed E-state index contributed by atoms with van der Waals surface area (Å²) in [4.78, 5) is 7.47. The highest BCUT2D eigenvalue weighted by Gasteiger charge is 2.20. The Balaban J connectivity index is 1.98. The van der Waals surface area contributed by atoms with E-state index in [1.807, 2.05) is 17.1 Å². The lowest BCUT2D eigenvalue weighted by Crippen LogP contribution is -2.08. The smallest absolute Gasteiger partial charge is 0.0921 e. The van der Waals surface area contributed by atoms with E-state index in [2.05, 4.69) is 66.2 Å². The van der Waals surface area contributed by atoms with E-state index in [1.165, 1.54) is 16.7 Å². The van der Waals surface area contributed by atoms with Crippen molar-refractivity contribution in [3.8, 4) is 0 Å². The minimum atomic E-state index is 0.203. The average Bonchev–Trinajstić information content (AvgIpc) is 3.19. The number of benzene rings is 1. The average molecular weight is 309 g/mol. The Morgan fingerprint density at radius 1 is 1.22 bits per heavy atom. The maximum atomic E-state index is 4.34. The van der Waals surface area contributed by atoms with Crippen LogP contribution in [0.4, 0.5) is 0 Å². The van der Waals surface area contributed by atoms with Crippen molar-refractivity contribution in [3.63, 3.8) is 0 Å². The number of rotatable bonds is 5. The molecule has 120 valence electrons. The summed E-state index contributed by atoms with van der Waals surface area (Å²) >= 11 is 0. The number of H-pyrrole nitrogens is 1. The molecule has 5 nitrogen and oxygen atoms in total. The fourth-order valence-electron chi connectivity index (χ4n) is 2.86. The van der Waals surface area contributed by atoms with Crippen molar-refractivity contribution in [3.05, 3.63) is 65.0 Å². The zero-order valence-electron chi connectivity index (χ0n) is 14.1. The maximum absolute atomic E-state index is 4.34. The number of imidazole rings is 1. The molecule has 1 atom stereocenters. The Morgan fingerprint density at radius 3 is 2.70 bits per heavy atom. The van der Waals surface area contributed by atoms with E-state index in [9.17, 15) is 0 Å². The summed E-state index contributed by atoms with van der Waals surface area (Å²) in [5.41, 5.74) is 6.05. The Morgan fingerprint density at radius 2 is 2.04 bits per heavy atom. The van der Waals surface area contributed by atoms with E-state index < -0.39 is 0 Å². The van der Waals surface area contributed by atoms with Crippen LogP contribution in [0.25, 0.3) is 0 Å². The monoisotopic (exact) mass is 309 g/mol. The predicted octanol–water partition coefficient (Wildman–Crippen LogP) is 3.57. The molecule has 0 aliphatic carbocycles. The number of hydrogen-bond acceptors (Lipinski definition) is 3. The van der Waals surface area contributed by atoms with E-state index in [1.54, 1.807) is 6.33 Å². The van der Waals surface area contributed by atoms with Gasteiger partial charge in [0.05, 0.1) is 12.0 Å². The van der Waals surface area contributed by atoms with Gasteiger partial charge in [-0.2, -0.15) is 0 Å².